The van der Waals surface area contributed by atoms with Crippen molar-refractivity contribution in [1.82, 2.24) is 9.62 Å². The molecule has 0 atom stereocenters. The van der Waals surface area contributed by atoms with Gasteiger partial charge in [0.1, 0.15) is 0 Å². The number of nitrogens with zero attached hydrogens (tertiary/aromatic N) is 1. The van der Waals surface area contributed by atoms with Crippen molar-refractivity contribution >= 4 is 21.6 Å². The lowest BCUT2D eigenvalue weighted by molar-refractivity contribution is 0.191. The van der Waals surface area contributed by atoms with Crippen LogP contribution in [0.15, 0.2) is 24.3 Å². The van der Waals surface area contributed by atoms with Crippen LogP contribution in [-0.4, -0.2) is 39.5 Å². The summed E-state index contributed by atoms with van der Waals surface area (Å²) in [4.78, 5) is 2.42. The van der Waals surface area contributed by atoms with Crippen LogP contribution in [-0.2, 0) is 15.8 Å². The standard InChI is InChI=1S/C16H25ClN2O2S/c1-14-7-11-19(12-8-14)10-4-9-18-22(20,21)13-15-5-2-3-6-16(15)17/h2-3,5-6,14,18H,4,7-13H2,1H3. The van der Waals surface area contributed by atoms with Crippen LogP contribution in [0.25, 0.3) is 0 Å². The number of piperidine rings is 1. The molecule has 0 radical (unpaired) electrons. The average molecular weight is 345 g/mol. The third-order valence-electron chi connectivity index (χ3n) is 4.15. The molecule has 4 nitrogen and oxygen atoms in total. The molecule has 1 fully saturated rings. The zero-order chi connectivity index (χ0) is 16.0. The molecule has 6 heteroatoms. The molecule has 0 unspecified atom stereocenters. The molecule has 1 saturated heterocycles. The van der Waals surface area contributed by atoms with E-state index in [-0.39, 0.29) is 5.75 Å². The SMILES string of the molecule is CC1CCN(CCCNS(=O)(=O)Cc2ccccc2Cl)CC1. The molecule has 0 spiro atoms. The molecule has 0 aromatic heterocycles. The molecule has 124 valence electrons. The first-order valence-corrected chi connectivity index (χ1v) is 9.92. The van der Waals surface area contributed by atoms with Crippen molar-refractivity contribution in [2.45, 2.75) is 31.9 Å². The van der Waals surface area contributed by atoms with Crippen molar-refractivity contribution in [2.24, 2.45) is 5.92 Å². The normalized spacial score (nSPS) is 17.7. The molecule has 1 aromatic carbocycles. The van der Waals surface area contributed by atoms with Gasteiger partial charge in [-0.3, -0.25) is 0 Å². The fourth-order valence-corrected chi connectivity index (χ4v) is 4.19. The van der Waals surface area contributed by atoms with Crippen LogP contribution in [0.1, 0.15) is 31.7 Å². The van der Waals surface area contributed by atoms with Crippen LogP contribution in [0.2, 0.25) is 5.02 Å². The van der Waals surface area contributed by atoms with Crippen molar-refractivity contribution < 1.29 is 8.42 Å². The highest BCUT2D eigenvalue weighted by molar-refractivity contribution is 7.88. The second-order valence-electron chi connectivity index (χ2n) is 6.12. The van der Waals surface area contributed by atoms with Gasteiger partial charge in [-0.05, 0) is 56.4 Å². The summed E-state index contributed by atoms with van der Waals surface area (Å²) in [7, 11) is -3.32. The van der Waals surface area contributed by atoms with Crippen LogP contribution in [0.3, 0.4) is 0 Å². The van der Waals surface area contributed by atoms with Gasteiger partial charge >= 0.3 is 0 Å². The van der Waals surface area contributed by atoms with Gasteiger partial charge in [-0.25, -0.2) is 13.1 Å². The number of sulfonamides is 1. The Labute approximate surface area is 138 Å². The number of benzene rings is 1. The second-order valence-corrected chi connectivity index (χ2v) is 8.34. The van der Waals surface area contributed by atoms with E-state index in [1.165, 1.54) is 12.8 Å². The minimum Gasteiger partial charge on any atom is -0.303 e. The maximum atomic E-state index is 12.1. The van der Waals surface area contributed by atoms with Gasteiger partial charge in [0.15, 0.2) is 0 Å². The summed E-state index contributed by atoms with van der Waals surface area (Å²) in [5, 5.41) is 0.496. The third-order valence-corrected chi connectivity index (χ3v) is 5.86. The lowest BCUT2D eigenvalue weighted by Gasteiger charge is -2.30. The molecule has 0 aliphatic carbocycles. The van der Waals surface area contributed by atoms with Crippen LogP contribution in [0, 0.1) is 5.92 Å². The Morgan fingerprint density at radius 1 is 1.27 bits per heavy atom. The molecule has 0 bridgehead atoms. The lowest BCUT2D eigenvalue weighted by atomic mass is 9.99. The molecule has 1 N–H and O–H groups in total. The van der Waals surface area contributed by atoms with Crippen LogP contribution in [0.5, 0.6) is 0 Å². The molecule has 1 aromatic rings. The van der Waals surface area contributed by atoms with Crippen LogP contribution in [0.4, 0.5) is 0 Å². The number of hydrogen-bond acceptors (Lipinski definition) is 3. The van der Waals surface area contributed by atoms with Gasteiger partial charge in [-0.2, -0.15) is 0 Å². The summed E-state index contributed by atoms with van der Waals surface area (Å²) in [5.74, 6) is 0.763. The molecule has 1 aliphatic rings. The molecule has 1 heterocycles. The van der Waals surface area contributed by atoms with Gasteiger partial charge in [0.25, 0.3) is 0 Å². The van der Waals surface area contributed by atoms with Gasteiger partial charge in [0.05, 0.1) is 5.75 Å². The summed E-state index contributed by atoms with van der Waals surface area (Å²) in [6, 6.07) is 7.06. The fourth-order valence-electron chi connectivity index (χ4n) is 2.69. The lowest BCUT2D eigenvalue weighted by Crippen LogP contribution is -2.35. The highest BCUT2D eigenvalue weighted by Gasteiger charge is 2.16. The maximum absolute atomic E-state index is 12.1. The summed E-state index contributed by atoms with van der Waals surface area (Å²) in [5.41, 5.74) is 0.640. The van der Waals surface area contributed by atoms with Crippen molar-refractivity contribution in [3.05, 3.63) is 34.9 Å². The Bertz CT molecular complexity index is 569. The summed E-state index contributed by atoms with van der Waals surface area (Å²) < 4.78 is 26.8. The van der Waals surface area contributed by atoms with E-state index in [0.717, 1.165) is 32.0 Å². The molecule has 22 heavy (non-hydrogen) atoms. The highest BCUT2D eigenvalue weighted by Crippen LogP contribution is 2.17. The molecular weight excluding hydrogens is 320 g/mol. The fraction of sp³-hybridized carbons (Fsp3) is 0.625. The topological polar surface area (TPSA) is 49.4 Å². The third kappa shape index (κ3) is 5.88. The second kappa shape index (κ2) is 8.29. The monoisotopic (exact) mass is 344 g/mol. The Morgan fingerprint density at radius 3 is 2.64 bits per heavy atom. The smallest absolute Gasteiger partial charge is 0.215 e. The first-order chi connectivity index (χ1) is 10.5. The van der Waals surface area contributed by atoms with Crippen LogP contribution < -0.4 is 4.72 Å². The number of rotatable bonds is 7. The van der Waals surface area contributed by atoms with Gasteiger partial charge < -0.3 is 4.90 Å². The zero-order valence-electron chi connectivity index (χ0n) is 13.1. The van der Waals surface area contributed by atoms with Crippen molar-refractivity contribution in [2.75, 3.05) is 26.2 Å². The minimum atomic E-state index is -3.32. The Balaban J connectivity index is 1.70. The number of nitrogens with one attached hydrogen (secondary N) is 1. The van der Waals surface area contributed by atoms with E-state index in [0.29, 0.717) is 17.1 Å². The number of likely N-dealkylation sites (tertiary alicyclic amines) is 1. The van der Waals surface area contributed by atoms with E-state index >= 15 is 0 Å². The first-order valence-electron chi connectivity index (χ1n) is 7.89. The van der Waals surface area contributed by atoms with Crippen LogP contribution >= 0.6 is 11.6 Å². The van der Waals surface area contributed by atoms with E-state index in [1.807, 2.05) is 0 Å². The summed E-state index contributed by atoms with van der Waals surface area (Å²) in [6.07, 6.45) is 3.34. The zero-order valence-corrected chi connectivity index (χ0v) is 14.7. The maximum Gasteiger partial charge on any atom is 0.215 e. The molecular formula is C16H25ClN2O2S. The van der Waals surface area contributed by atoms with E-state index in [4.69, 9.17) is 11.6 Å². The van der Waals surface area contributed by atoms with Crippen molar-refractivity contribution in [3.8, 4) is 0 Å². The van der Waals surface area contributed by atoms with Crippen molar-refractivity contribution in [3.63, 3.8) is 0 Å². The van der Waals surface area contributed by atoms with E-state index in [9.17, 15) is 8.42 Å². The Hall–Kier alpha value is -0.620. The van der Waals surface area contributed by atoms with Gasteiger partial charge in [0, 0.05) is 11.6 Å². The largest absolute Gasteiger partial charge is 0.303 e. The molecule has 2 rings (SSSR count). The molecule has 1 aliphatic heterocycles. The summed E-state index contributed by atoms with van der Waals surface area (Å²) in [6.45, 7) is 6.00. The molecule has 0 amide bonds. The van der Waals surface area contributed by atoms with Gasteiger partial charge in [-0.15, -0.1) is 0 Å². The highest BCUT2D eigenvalue weighted by atomic mass is 35.5. The Morgan fingerprint density at radius 2 is 1.95 bits per heavy atom. The Kier molecular flexibility index (Phi) is 6.68. The van der Waals surface area contributed by atoms with E-state index in [1.54, 1.807) is 24.3 Å². The van der Waals surface area contributed by atoms with Gasteiger partial charge in [0.2, 0.25) is 10.0 Å². The predicted molar refractivity (Wildman–Crippen MR) is 91.5 cm³/mol. The first kappa shape index (κ1) is 17.7. The van der Waals surface area contributed by atoms with Gasteiger partial charge in [-0.1, -0.05) is 36.7 Å². The number of hydrogen-bond donors (Lipinski definition) is 1. The summed E-state index contributed by atoms with van der Waals surface area (Å²) >= 11 is 6.01. The number of halogens is 1. The predicted octanol–water partition coefficient (Wildman–Crippen LogP) is 2.88. The van der Waals surface area contributed by atoms with E-state index < -0.39 is 10.0 Å². The van der Waals surface area contributed by atoms with E-state index in [2.05, 4.69) is 16.5 Å². The average Bonchev–Trinajstić information content (AvgIpc) is 2.48. The van der Waals surface area contributed by atoms with Crippen molar-refractivity contribution in [1.29, 1.82) is 0 Å². The molecule has 0 saturated carbocycles. The quantitative estimate of drug-likeness (QED) is 0.774. The minimum absolute atomic E-state index is 0.0616.